The number of thiocarbonyl (C=S) groups is 1. The first-order valence-electron chi connectivity index (χ1n) is 5.89. The van der Waals surface area contributed by atoms with Gasteiger partial charge < -0.3 is 15.5 Å². The molecule has 0 bridgehead atoms. The summed E-state index contributed by atoms with van der Waals surface area (Å²) in [5.41, 5.74) is 5.57. The van der Waals surface area contributed by atoms with E-state index < -0.39 is 0 Å². The largest absolute Gasteiger partial charge is 0.393 e. The molecule has 1 atom stereocenters. The van der Waals surface area contributed by atoms with E-state index in [2.05, 4.69) is 0 Å². The number of likely N-dealkylation sites (tertiary alicyclic amines) is 1. The lowest BCUT2D eigenvalue weighted by molar-refractivity contribution is 0.162. The van der Waals surface area contributed by atoms with Crippen molar-refractivity contribution >= 4 is 23.2 Å². The van der Waals surface area contributed by atoms with Gasteiger partial charge in [0.2, 0.25) is 0 Å². The monoisotopic (exact) mass is 243 g/mol. The van der Waals surface area contributed by atoms with Crippen LogP contribution in [0.1, 0.15) is 26.7 Å². The van der Waals surface area contributed by atoms with E-state index in [9.17, 15) is 4.79 Å². The highest BCUT2D eigenvalue weighted by molar-refractivity contribution is 7.80. The zero-order chi connectivity index (χ0) is 12.1. The summed E-state index contributed by atoms with van der Waals surface area (Å²) in [4.78, 5) is 16.3. The fraction of sp³-hybridized carbons (Fsp3) is 0.818. The van der Waals surface area contributed by atoms with Gasteiger partial charge in [0.1, 0.15) is 0 Å². The van der Waals surface area contributed by atoms with Gasteiger partial charge in [-0.2, -0.15) is 0 Å². The van der Waals surface area contributed by atoms with Crippen LogP contribution in [0, 0.1) is 5.92 Å². The van der Waals surface area contributed by atoms with Crippen molar-refractivity contribution < 1.29 is 4.79 Å². The second-order valence-electron chi connectivity index (χ2n) is 4.32. The molecule has 0 aliphatic carbocycles. The van der Waals surface area contributed by atoms with Gasteiger partial charge in [-0.15, -0.1) is 0 Å². The Morgan fingerprint density at radius 3 is 2.50 bits per heavy atom. The molecule has 1 saturated heterocycles. The van der Waals surface area contributed by atoms with Crippen molar-refractivity contribution in [2.45, 2.75) is 26.7 Å². The summed E-state index contributed by atoms with van der Waals surface area (Å²) < 4.78 is 0. The van der Waals surface area contributed by atoms with Crippen molar-refractivity contribution in [3.8, 4) is 0 Å². The van der Waals surface area contributed by atoms with Gasteiger partial charge in [-0.25, -0.2) is 4.79 Å². The third-order valence-corrected chi connectivity index (χ3v) is 3.41. The van der Waals surface area contributed by atoms with E-state index in [1.54, 1.807) is 0 Å². The number of rotatable bonds is 4. The SMILES string of the molecule is CCN(CC(C)C(N)=S)C(=O)N1CCCC1. The number of hydrogen-bond donors (Lipinski definition) is 1. The van der Waals surface area contributed by atoms with Gasteiger partial charge in [0.05, 0.1) is 4.99 Å². The van der Waals surface area contributed by atoms with Crippen molar-refractivity contribution in [3.63, 3.8) is 0 Å². The molecule has 1 aliphatic rings. The summed E-state index contributed by atoms with van der Waals surface area (Å²) in [5, 5.41) is 0. The third-order valence-electron chi connectivity index (χ3n) is 3.01. The van der Waals surface area contributed by atoms with Crippen molar-refractivity contribution in [1.29, 1.82) is 0 Å². The predicted molar refractivity (Wildman–Crippen MR) is 69.4 cm³/mol. The number of carbonyl (C=O) groups is 1. The van der Waals surface area contributed by atoms with E-state index in [1.165, 1.54) is 0 Å². The van der Waals surface area contributed by atoms with Crippen LogP contribution in [0.25, 0.3) is 0 Å². The normalized spacial score (nSPS) is 17.2. The molecule has 1 aliphatic heterocycles. The topological polar surface area (TPSA) is 49.6 Å². The van der Waals surface area contributed by atoms with Gasteiger partial charge in [0.15, 0.2) is 0 Å². The first-order chi connectivity index (χ1) is 7.56. The van der Waals surface area contributed by atoms with Crippen LogP contribution in [0.4, 0.5) is 4.79 Å². The maximum atomic E-state index is 12.1. The zero-order valence-corrected chi connectivity index (χ0v) is 10.9. The Balaban J connectivity index is 2.52. The molecule has 0 aromatic heterocycles. The van der Waals surface area contributed by atoms with Crippen LogP contribution in [-0.2, 0) is 0 Å². The van der Waals surface area contributed by atoms with Crippen LogP contribution in [0.2, 0.25) is 0 Å². The summed E-state index contributed by atoms with van der Waals surface area (Å²) in [6, 6.07) is 0.128. The highest BCUT2D eigenvalue weighted by Gasteiger charge is 2.24. The molecule has 2 amide bonds. The molecule has 0 aromatic carbocycles. The quantitative estimate of drug-likeness (QED) is 0.760. The van der Waals surface area contributed by atoms with Gasteiger partial charge in [-0.1, -0.05) is 19.1 Å². The molecule has 0 radical (unpaired) electrons. The van der Waals surface area contributed by atoms with Crippen LogP contribution in [0.3, 0.4) is 0 Å². The van der Waals surface area contributed by atoms with E-state index >= 15 is 0 Å². The summed E-state index contributed by atoms with van der Waals surface area (Å²) in [7, 11) is 0. The fourth-order valence-corrected chi connectivity index (χ4v) is 1.95. The summed E-state index contributed by atoms with van der Waals surface area (Å²) >= 11 is 4.93. The molecule has 92 valence electrons. The van der Waals surface area contributed by atoms with Gasteiger partial charge in [-0.05, 0) is 19.8 Å². The Hall–Kier alpha value is -0.840. The molecule has 1 fully saturated rings. The number of urea groups is 1. The molecule has 1 rings (SSSR count). The summed E-state index contributed by atoms with van der Waals surface area (Å²) in [5.74, 6) is 0.0847. The molecule has 0 spiro atoms. The lowest BCUT2D eigenvalue weighted by Crippen LogP contribution is -2.45. The molecule has 0 aromatic rings. The first kappa shape index (κ1) is 13.2. The minimum Gasteiger partial charge on any atom is -0.393 e. The minimum absolute atomic E-state index is 0.0847. The molecule has 5 heteroatoms. The van der Waals surface area contributed by atoms with Gasteiger partial charge >= 0.3 is 6.03 Å². The Kier molecular flexibility index (Phi) is 4.99. The minimum atomic E-state index is 0.0847. The lowest BCUT2D eigenvalue weighted by atomic mass is 10.1. The first-order valence-corrected chi connectivity index (χ1v) is 6.30. The smallest absolute Gasteiger partial charge is 0.320 e. The Morgan fingerprint density at radius 1 is 1.50 bits per heavy atom. The van der Waals surface area contributed by atoms with Crippen LogP contribution in [0.5, 0.6) is 0 Å². The standard InChI is InChI=1S/C11H21N3OS/c1-3-13(8-9(2)10(12)16)11(15)14-6-4-5-7-14/h9H,3-8H2,1-2H3,(H2,12,16). The maximum absolute atomic E-state index is 12.1. The van der Waals surface area contributed by atoms with E-state index in [1.807, 2.05) is 23.6 Å². The summed E-state index contributed by atoms with van der Waals surface area (Å²) in [6.07, 6.45) is 2.24. The van der Waals surface area contributed by atoms with E-state index in [0.717, 1.165) is 25.9 Å². The summed E-state index contributed by atoms with van der Waals surface area (Å²) in [6.45, 7) is 7.06. The van der Waals surface area contributed by atoms with E-state index in [-0.39, 0.29) is 11.9 Å². The Bertz CT molecular complexity index is 264. The lowest BCUT2D eigenvalue weighted by Gasteiger charge is -2.28. The average Bonchev–Trinajstić information content (AvgIpc) is 2.77. The van der Waals surface area contributed by atoms with Crippen LogP contribution >= 0.6 is 12.2 Å². The van der Waals surface area contributed by atoms with Crippen molar-refractivity contribution in [3.05, 3.63) is 0 Å². The average molecular weight is 243 g/mol. The van der Waals surface area contributed by atoms with Crippen LogP contribution in [0.15, 0.2) is 0 Å². The number of nitrogens with zero attached hydrogens (tertiary/aromatic N) is 2. The molecule has 0 saturated carbocycles. The second kappa shape index (κ2) is 6.03. The number of hydrogen-bond acceptors (Lipinski definition) is 2. The second-order valence-corrected chi connectivity index (χ2v) is 4.79. The molecule has 1 unspecified atom stereocenters. The third kappa shape index (κ3) is 3.33. The van der Waals surface area contributed by atoms with Gasteiger partial charge in [-0.3, -0.25) is 0 Å². The number of carbonyl (C=O) groups excluding carboxylic acids is 1. The van der Waals surface area contributed by atoms with E-state index in [4.69, 9.17) is 18.0 Å². The van der Waals surface area contributed by atoms with Gasteiger partial charge in [0, 0.05) is 32.1 Å². The van der Waals surface area contributed by atoms with Crippen molar-refractivity contribution in [1.82, 2.24) is 9.80 Å². The Labute approximate surface area is 103 Å². The van der Waals surface area contributed by atoms with Gasteiger partial charge in [0.25, 0.3) is 0 Å². The molecule has 1 heterocycles. The highest BCUT2D eigenvalue weighted by Crippen LogP contribution is 2.12. The van der Waals surface area contributed by atoms with Crippen LogP contribution < -0.4 is 5.73 Å². The van der Waals surface area contributed by atoms with Crippen molar-refractivity contribution in [2.24, 2.45) is 11.7 Å². The molecular weight excluding hydrogens is 222 g/mol. The van der Waals surface area contributed by atoms with Crippen molar-refractivity contribution in [2.75, 3.05) is 26.2 Å². The molecule has 2 N–H and O–H groups in total. The maximum Gasteiger partial charge on any atom is 0.320 e. The fourth-order valence-electron chi connectivity index (χ4n) is 1.87. The molecular formula is C11H21N3OS. The number of nitrogens with two attached hydrogens (primary N) is 1. The predicted octanol–water partition coefficient (Wildman–Crippen LogP) is 1.45. The van der Waals surface area contributed by atoms with Crippen LogP contribution in [-0.4, -0.2) is 47.0 Å². The number of amides is 2. The molecule has 16 heavy (non-hydrogen) atoms. The Morgan fingerprint density at radius 2 is 2.06 bits per heavy atom. The highest BCUT2D eigenvalue weighted by atomic mass is 32.1. The van der Waals surface area contributed by atoms with E-state index in [0.29, 0.717) is 18.1 Å². The zero-order valence-electron chi connectivity index (χ0n) is 10.1. The molecule has 4 nitrogen and oxygen atoms in total.